The Bertz CT molecular complexity index is 285. The van der Waals surface area contributed by atoms with Gasteiger partial charge >= 0.3 is 6.18 Å². The average molecular weight is 287 g/mol. The molecule has 7 heteroatoms. The second-order valence-electron chi connectivity index (χ2n) is 4.94. The number of hydrogen-bond acceptors (Lipinski definition) is 2. The van der Waals surface area contributed by atoms with Gasteiger partial charge in [0.15, 0.2) is 0 Å². The van der Waals surface area contributed by atoms with E-state index in [2.05, 4.69) is 5.32 Å². The third-order valence-electron chi connectivity index (χ3n) is 3.64. The van der Waals surface area contributed by atoms with Crippen molar-refractivity contribution in [2.45, 2.75) is 50.4 Å². The summed E-state index contributed by atoms with van der Waals surface area (Å²) >= 11 is 0. The second kappa shape index (κ2) is 6.10. The van der Waals surface area contributed by atoms with Crippen LogP contribution in [0.5, 0.6) is 0 Å². The number of amides is 1. The lowest BCUT2D eigenvalue weighted by Crippen LogP contribution is -2.45. The van der Waals surface area contributed by atoms with Crippen LogP contribution in [0.3, 0.4) is 0 Å². The number of carbonyl (C=O) groups is 1. The van der Waals surface area contributed by atoms with Crippen molar-refractivity contribution in [3.63, 3.8) is 0 Å². The van der Waals surface area contributed by atoms with E-state index in [0.29, 0.717) is 18.4 Å². The van der Waals surface area contributed by atoms with Crippen molar-refractivity contribution in [3.8, 4) is 0 Å². The van der Waals surface area contributed by atoms with E-state index in [1.54, 1.807) is 0 Å². The molecule has 2 rings (SSSR count). The molecule has 0 radical (unpaired) electrons. The zero-order valence-electron chi connectivity index (χ0n) is 9.93. The second-order valence-corrected chi connectivity index (χ2v) is 4.94. The maximum atomic E-state index is 12.0. The van der Waals surface area contributed by atoms with Crippen LogP contribution in [0.4, 0.5) is 13.2 Å². The molecule has 3 atom stereocenters. The first-order chi connectivity index (χ1) is 7.96. The molecule has 106 valence electrons. The Hall–Kier alpha value is -0.490. The Morgan fingerprint density at radius 2 is 1.94 bits per heavy atom. The summed E-state index contributed by atoms with van der Waals surface area (Å²) in [6.07, 6.45) is 0.772. The predicted molar refractivity (Wildman–Crippen MR) is 63.6 cm³/mol. The smallest absolute Gasteiger partial charge is 0.346 e. The SMILES string of the molecule is Cl.O=C(NCC(F)(F)F)C1CC2CCCCC2N1. The van der Waals surface area contributed by atoms with Crippen LogP contribution in [-0.2, 0) is 4.79 Å². The lowest BCUT2D eigenvalue weighted by Gasteiger charge is -2.24. The summed E-state index contributed by atoms with van der Waals surface area (Å²) < 4.78 is 35.9. The molecule has 3 unspecified atom stereocenters. The molecule has 1 saturated heterocycles. The number of carbonyl (C=O) groups excluding carboxylic acids is 1. The molecule has 0 spiro atoms. The molecule has 0 aromatic rings. The van der Waals surface area contributed by atoms with Crippen LogP contribution in [0.2, 0.25) is 0 Å². The molecule has 0 aromatic heterocycles. The third kappa shape index (κ3) is 4.02. The molecule has 2 aliphatic rings. The van der Waals surface area contributed by atoms with Gasteiger partial charge in [-0.25, -0.2) is 0 Å². The molecule has 1 amide bonds. The van der Waals surface area contributed by atoms with Crippen molar-refractivity contribution in [3.05, 3.63) is 0 Å². The molecule has 3 nitrogen and oxygen atoms in total. The molecule has 1 aliphatic heterocycles. The van der Waals surface area contributed by atoms with Gasteiger partial charge in [0, 0.05) is 6.04 Å². The van der Waals surface area contributed by atoms with Gasteiger partial charge in [-0.05, 0) is 25.2 Å². The van der Waals surface area contributed by atoms with Crippen molar-refractivity contribution < 1.29 is 18.0 Å². The minimum atomic E-state index is -4.33. The fourth-order valence-electron chi connectivity index (χ4n) is 2.83. The van der Waals surface area contributed by atoms with Crippen LogP contribution >= 0.6 is 12.4 Å². The third-order valence-corrected chi connectivity index (χ3v) is 3.64. The quantitative estimate of drug-likeness (QED) is 0.815. The minimum absolute atomic E-state index is 0. The van der Waals surface area contributed by atoms with E-state index in [1.807, 2.05) is 5.32 Å². The van der Waals surface area contributed by atoms with Gasteiger partial charge in [-0.1, -0.05) is 12.8 Å². The van der Waals surface area contributed by atoms with E-state index in [9.17, 15) is 18.0 Å². The summed E-state index contributed by atoms with van der Waals surface area (Å²) in [5.74, 6) is -0.0536. The van der Waals surface area contributed by atoms with Crippen molar-refractivity contribution in [1.82, 2.24) is 10.6 Å². The molecule has 0 bridgehead atoms. The summed E-state index contributed by atoms with van der Waals surface area (Å²) in [7, 11) is 0. The normalized spacial score (nSPS) is 31.4. The number of alkyl halides is 3. The molecule has 1 saturated carbocycles. The van der Waals surface area contributed by atoms with Gasteiger partial charge in [0.05, 0.1) is 6.04 Å². The zero-order chi connectivity index (χ0) is 12.5. The minimum Gasteiger partial charge on any atom is -0.346 e. The predicted octanol–water partition coefficient (Wildman–Crippen LogP) is 2.01. The summed E-state index contributed by atoms with van der Waals surface area (Å²) in [6.45, 7) is -1.24. The zero-order valence-corrected chi connectivity index (χ0v) is 10.7. The Kier molecular flexibility index (Phi) is 5.28. The Labute approximate surface area is 110 Å². The fourth-order valence-corrected chi connectivity index (χ4v) is 2.83. The van der Waals surface area contributed by atoms with Crippen LogP contribution in [0.15, 0.2) is 0 Å². The van der Waals surface area contributed by atoms with Gasteiger partial charge in [-0.2, -0.15) is 13.2 Å². The maximum absolute atomic E-state index is 12.0. The highest BCUT2D eigenvalue weighted by atomic mass is 35.5. The first-order valence-electron chi connectivity index (χ1n) is 6.06. The van der Waals surface area contributed by atoms with Crippen molar-refractivity contribution >= 4 is 18.3 Å². The van der Waals surface area contributed by atoms with E-state index < -0.39 is 24.7 Å². The maximum Gasteiger partial charge on any atom is 0.405 e. The van der Waals surface area contributed by atoms with Crippen LogP contribution in [0.1, 0.15) is 32.1 Å². The lowest BCUT2D eigenvalue weighted by molar-refractivity contribution is -0.139. The summed E-state index contributed by atoms with van der Waals surface area (Å²) in [5, 5.41) is 5.10. The van der Waals surface area contributed by atoms with Crippen molar-refractivity contribution in [2.24, 2.45) is 5.92 Å². The number of hydrogen-bond donors (Lipinski definition) is 2. The van der Waals surface area contributed by atoms with Crippen LogP contribution < -0.4 is 10.6 Å². The van der Waals surface area contributed by atoms with Gasteiger partial charge in [0.25, 0.3) is 0 Å². The number of halogens is 4. The molecule has 18 heavy (non-hydrogen) atoms. The number of nitrogens with one attached hydrogen (secondary N) is 2. The van der Waals surface area contributed by atoms with Gasteiger partial charge in [0.2, 0.25) is 5.91 Å². The molecular formula is C11H18ClF3N2O. The average Bonchev–Trinajstić information content (AvgIpc) is 2.68. The highest BCUT2D eigenvalue weighted by Crippen LogP contribution is 2.33. The van der Waals surface area contributed by atoms with Crippen molar-refractivity contribution in [2.75, 3.05) is 6.54 Å². The van der Waals surface area contributed by atoms with Crippen molar-refractivity contribution in [1.29, 1.82) is 0 Å². The first-order valence-corrected chi connectivity index (χ1v) is 6.06. The van der Waals surface area contributed by atoms with E-state index in [0.717, 1.165) is 19.3 Å². The fraction of sp³-hybridized carbons (Fsp3) is 0.909. The van der Waals surface area contributed by atoms with E-state index in [-0.39, 0.29) is 12.4 Å². The topological polar surface area (TPSA) is 41.1 Å². The highest BCUT2D eigenvalue weighted by Gasteiger charge is 2.39. The van der Waals surface area contributed by atoms with Crippen LogP contribution in [-0.4, -0.2) is 30.7 Å². The van der Waals surface area contributed by atoms with Crippen LogP contribution in [0, 0.1) is 5.92 Å². The monoisotopic (exact) mass is 286 g/mol. The largest absolute Gasteiger partial charge is 0.405 e. The number of rotatable bonds is 2. The van der Waals surface area contributed by atoms with E-state index >= 15 is 0 Å². The van der Waals surface area contributed by atoms with Gasteiger partial charge < -0.3 is 10.6 Å². The first kappa shape index (κ1) is 15.6. The lowest BCUT2D eigenvalue weighted by atomic mass is 9.85. The number of fused-ring (bicyclic) bond motifs is 1. The molecule has 2 fully saturated rings. The molecule has 1 aliphatic carbocycles. The summed E-state index contributed by atoms with van der Waals surface area (Å²) in [5.41, 5.74) is 0. The highest BCUT2D eigenvalue weighted by molar-refractivity contribution is 5.85. The Morgan fingerprint density at radius 3 is 2.56 bits per heavy atom. The molecular weight excluding hydrogens is 269 g/mol. The molecule has 2 N–H and O–H groups in total. The molecule has 1 heterocycles. The van der Waals surface area contributed by atoms with E-state index in [4.69, 9.17) is 0 Å². The summed E-state index contributed by atoms with van der Waals surface area (Å²) in [6, 6.07) is -0.115. The van der Waals surface area contributed by atoms with Gasteiger partial charge in [0.1, 0.15) is 6.54 Å². The van der Waals surface area contributed by atoms with Gasteiger partial charge in [-0.15, -0.1) is 12.4 Å². The van der Waals surface area contributed by atoms with Gasteiger partial charge in [-0.3, -0.25) is 4.79 Å². The van der Waals surface area contributed by atoms with Crippen LogP contribution in [0.25, 0.3) is 0 Å². The summed E-state index contributed by atoms with van der Waals surface area (Å²) in [4.78, 5) is 11.6. The Morgan fingerprint density at radius 1 is 1.28 bits per heavy atom. The Balaban J connectivity index is 0.00000162. The van der Waals surface area contributed by atoms with E-state index in [1.165, 1.54) is 6.42 Å². The standard InChI is InChI=1S/C11H17F3N2O.ClH/c12-11(13,14)6-15-10(17)9-5-7-3-1-2-4-8(7)16-9;/h7-9,16H,1-6H2,(H,15,17);1H. The molecule has 0 aromatic carbocycles.